The minimum atomic E-state index is -0.644. The number of hydrogen-bond donors (Lipinski definition) is 0. The largest absolute Gasteiger partial charge is 0.378 e. The summed E-state index contributed by atoms with van der Waals surface area (Å²) >= 11 is 0. The van der Waals surface area contributed by atoms with Crippen molar-refractivity contribution < 1.29 is 14.3 Å². The third-order valence-electron chi connectivity index (χ3n) is 3.47. The van der Waals surface area contributed by atoms with Gasteiger partial charge in [0.1, 0.15) is 0 Å². The van der Waals surface area contributed by atoms with E-state index in [-0.39, 0.29) is 11.7 Å². The second kappa shape index (κ2) is 6.36. The van der Waals surface area contributed by atoms with E-state index in [0.29, 0.717) is 19.6 Å². The monoisotopic (exact) mass is 228 g/mol. The van der Waals surface area contributed by atoms with E-state index in [1.54, 1.807) is 7.11 Å². The van der Waals surface area contributed by atoms with Crippen molar-refractivity contribution in [2.75, 3.05) is 20.3 Å². The number of ketones is 1. The van der Waals surface area contributed by atoms with Crippen LogP contribution in [0.15, 0.2) is 0 Å². The zero-order valence-electron chi connectivity index (χ0n) is 10.8. The SMILES string of the molecule is CCCC(CCC)C(=O)C1(OC)CCOC1. The number of carbonyl (C=O) groups excluding carboxylic acids is 1. The Bertz CT molecular complexity index is 213. The Morgan fingerprint density at radius 3 is 2.38 bits per heavy atom. The predicted octanol–water partition coefficient (Wildman–Crippen LogP) is 2.58. The molecule has 94 valence electrons. The summed E-state index contributed by atoms with van der Waals surface area (Å²) in [5.41, 5.74) is -0.644. The molecule has 1 unspecified atom stereocenters. The summed E-state index contributed by atoms with van der Waals surface area (Å²) in [6.45, 7) is 5.33. The standard InChI is InChI=1S/C13H24O3/c1-4-6-11(7-5-2)12(14)13(15-3)8-9-16-10-13/h11H,4-10H2,1-3H3. The van der Waals surface area contributed by atoms with Crippen LogP contribution in [0.4, 0.5) is 0 Å². The summed E-state index contributed by atoms with van der Waals surface area (Å²) in [4.78, 5) is 12.5. The smallest absolute Gasteiger partial charge is 0.170 e. The number of Topliss-reactive ketones (excluding diaryl/α,β-unsaturated/α-hetero) is 1. The van der Waals surface area contributed by atoms with Crippen molar-refractivity contribution in [1.82, 2.24) is 0 Å². The highest BCUT2D eigenvalue weighted by Gasteiger charge is 2.44. The Kier molecular flexibility index (Phi) is 5.42. The zero-order valence-corrected chi connectivity index (χ0v) is 10.8. The van der Waals surface area contributed by atoms with Crippen molar-refractivity contribution in [2.24, 2.45) is 5.92 Å². The molecule has 0 aromatic rings. The quantitative estimate of drug-likeness (QED) is 0.672. The molecule has 1 fully saturated rings. The first-order chi connectivity index (χ1) is 7.70. The van der Waals surface area contributed by atoms with Gasteiger partial charge < -0.3 is 9.47 Å². The van der Waals surface area contributed by atoms with Crippen LogP contribution in [0.5, 0.6) is 0 Å². The van der Waals surface area contributed by atoms with Crippen LogP contribution in [0.3, 0.4) is 0 Å². The van der Waals surface area contributed by atoms with E-state index >= 15 is 0 Å². The van der Waals surface area contributed by atoms with Gasteiger partial charge in [0.25, 0.3) is 0 Å². The number of hydrogen-bond acceptors (Lipinski definition) is 3. The second-order valence-corrected chi connectivity index (χ2v) is 4.64. The lowest BCUT2D eigenvalue weighted by Crippen LogP contribution is -2.45. The van der Waals surface area contributed by atoms with E-state index in [1.807, 2.05) is 0 Å². The second-order valence-electron chi connectivity index (χ2n) is 4.64. The Labute approximate surface area is 98.5 Å². The predicted molar refractivity (Wildman–Crippen MR) is 63.5 cm³/mol. The average molecular weight is 228 g/mol. The first kappa shape index (κ1) is 13.7. The van der Waals surface area contributed by atoms with E-state index in [2.05, 4.69) is 13.8 Å². The van der Waals surface area contributed by atoms with Gasteiger partial charge in [-0.25, -0.2) is 0 Å². The normalized spacial score (nSPS) is 25.2. The van der Waals surface area contributed by atoms with Gasteiger partial charge >= 0.3 is 0 Å². The van der Waals surface area contributed by atoms with Gasteiger partial charge in [-0.2, -0.15) is 0 Å². The lowest BCUT2D eigenvalue weighted by Gasteiger charge is -2.28. The highest BCUT2D eigenvalue weighted by atomic mass is 16.6. The Morgan fingerprint density at radius 2 is 2.00 bits per heavy atom. The molecule has 0 saturated carbocycles. The molecule has 1 rings (SSSR count). The van der Waals surface area contributed by atoms with Crippen molar-refractivity contribution in [2.45, 2.75) is 51.6 Å². The highest BCUT2D eigenvalue weighted by molar-refractivity contribution is 5.90. The topological polar surface area (TPSA) is 35.5 Å². The molecule has 0 aliphatic carbocycles. The zero-order chi connectivity index (χ0) is 12.0. The maximum absolute atomic E-state index is 12.5. The third kappa shape index (κ3) is 2.83. The molecule has 0 amide bonds. The molecule has 0 spiro atoms. The van der Waals surface area contributed by atoms with Crippen LogP contribution in [0.2, 0.25) is 0 Å². The summed E-state index contributed by atoms with van der Waals surface area (Å²) in [5, 5.41) is 0. The number of carbonyl (C=O) groups is 1. The summed E-state index contributed by atoms with van der Waals surface area (Å²) in [6.07, 6.45) is 4.76. The van der Waals surface area contributed by atoms with E-state index in [1.165, 1.54) is 0 Å². The fourth-order valence-electron chi connectivity index (χ4n) is 2.48. The van der Waals surface area contributed by atoms with E-state index in [0.717, 1.165) is 25.7 Å². The molecule has 1 heterocycles. The molecule has 1 saturated heterocycles. The van der Waals surface area contributed by atoms with Gasteiger partial charge in [-0.3, -0.25) is 4.79 Å². The first-order valence-electron chi connectivity index (χ1n) is 6.37. The van der Waals surface area contributed by atoms with Crippen molar-refractivity contribution in [3.63, 3.8) is 0 Å². The molecule has 16 heavy (non-hydrogen) atoms. The minimum absolute atomic E-state index is 0.150. The van der Waals surface area contributed by atoms with E-state index in [4.69, 9.17) is 9.47 Å². The molecule has 0 aromatic heterocycles. The van der Waals surface area contributed by atoms with Crippen LogP contribution in [-0.4, -0.2) is 31.7 Å². The Hall–Kier alpha value is -0.410. The summed E-state index contributed by atoms with van der Waals surface area (Å²) < 4.78 is 10.8. The summed E-state index contributed by atoms with van der Waals surface area (Å²) in [5.74, 6) is 0.410. The fourth-order valence-corrected chi connectivity index (χ4v) is 2.48. The molecular formula is C13H24O3. The van der Waals surface area contributed by atoms with Gasteiger partial charge in [0.05, 0.1) is 13.2 Å². The molecular weight excluding hydrogens is 204 g/mol. The minimum Gasteiger partial charge on any atom is -0.378 e. The van der Waals surface area contributed by atoms with E-state index in [9.17, 15) is 4.79 Å². The van der Waals surface area contributed by atoms with Gasteiger partial charge in [0.15, 0.2) is 11.4 Å². The lowest BCUT2D eigenvalue weighted by molar-refractivity contribution is -0.145. The van der Waals surface area contributed by atoms with Crippen molar-refractivity contribution in [1.29, 1.82) is 0 Å². The van der Waals surface area contributed by atoms with Gasteiger partial charge in [-0.05, 0) is 12.8 Å². The van der Waals surface area contributed by atoms with Gasteiger partial charge in [0.2, 0.25) is 0 Å². The van der Waals surface area contributed by atoms with Crippen LogP contribution < -0.4 is 0 Å². The number of methoxy groups -OCH3 is 1. The van der Waals surface area contributed by atoms with Crippen LogP contribution in [0, 0.1) is 5.92 Å². The Balaban J connectivity index is 2.70. The van der Waals surface area contributed by atoms with Crippen molar-refractivity contribution in [3.05, 3.63) is 0 Å². The van der Waals surface area contributed by atoms with Crippen LogP contribution in [0.25, 0.3) is 0 Å². The molecule has 1 aliphatic heterocycles. The highest BCUT2D eigenvalue weighted by Crippen LogP contribution is 2.30. The molecule has 3 nitrogen and oxygen atoms in total. The summed E-state index contributed by atoms with van der Waals surface area (Å²) in [7, 11) is 1.63. The fraction of sp³-hybridized carbons (Fsp3) is 0.923. The molecule has 0 bridgehead atoms. The average Bonchev–Trinajstić information content (AvgIpc) is 2.77. The van der Waals surface area contributed by atoms with Crippen molar-refractivity contribution in [3.8, 4) is 0 Å². The maximum Gasteiger partial charge on any atom is 0.170 e. The molecule has 1 atom stereocenters. The third-order valence-corrected chi connectivity index (χ3v) is 3.47. The number of ether oxygens (including phenoxy) is 2. The molecule has 0 radical (unpaired) electrons. The van der Waals surface area contributed by atoms with Crippen LogP contribution in [0.1, 0.15) is 46.0 Å². The molecule has 0 N–H and O–H groups in total. The van der Waals surface area contributed by atoms with Gasteiger partial charge in [0, 0.05) is 19.4 Å². The van der Waals surface area contributed by atoms with Crippen LogP contribution in [-0.2, 0) is 14.3 Å². The first-order valence-corrected chi connectivity index (χ1v) is 6.37. The Morgan fingerprint density at radius 1 is 1.38 bits per heavy atom. The summed E-state index contributed by atoms with van der Waals surface area (Å²) in [6, 6.07) is 0. The molecule has 3 heteroatoms. The van der Waals surface area contributed by atoms with Crippen molar-refractivity contribution >= 4 is 5.78 Å². The molecule has 0 aromatic carbocycles. The van der Waals surface area contributed by atoms with Gasteiger partial charge in [-0.1, -0.05) is 26.7 Å². The number of rotatable bonds is 7. The maximum atomic E-state index is 12.5. The van der Waals surface area contributed by atoms with Crippen LogP contribution >= 0.6 is 0 Å². The van der Waals surface area contributed by atoms with Gasteiger partial charge in [-0.15, -0.1) is 0 Å². The van der Waals surface area contributed by atoms with E-state index < -0.39 is 5.60 Å². The lowest BCUT2D eigenvalue weighted by atomic mass is 9.83. The molecule has 1 aliphatic rings.